The van der Waals surface area contributed by atoms with Crippen LogP contribution in [0.4, 0.5) is 8.78 Å². The Hall–Kier alpha value is -1.29. The van der Waals surface area contributed by atoms with Crippen LogP contribution in [-0.2, 0) is 0 Å². The fourth-order valence-corrected chi connectivity index (χ4v) is 2.66. The molecule has 0 amide bonds. The van der Waals surface area contributed by atoms with Gasteiger partial charge in [0.15, 0.2) is 17.4 Å². The molecule has 0 atom stereocenters. The van der Waals surface area contributed by atoms with Gasteiger partial charge in [0.25, 0.3) is 0 Å². The van der Waals surface area contributed by atoms with Crippen molar-refractivity contribution < 1.29 is 13.6 Å². The number of carbonyl (C=O) groups excluding carboxylic acids is 1. The summed E-state index contributed by atoms with van der Waals surface area (Å²) in [6.07, 6.45) is 5.04. The molecule has 2 rings (SSSR count). The molecule has 0 N–H and O–H groups in total. The second-order valence-corrected chi connectivity index (χ2v) is 5.19. The van der Waals surface area contributed by atoms with Crippen LogP contribution in [0, 0.1) is 11.6 Å². The third-order valence-corrected chi connectivity index (χ3v) is 3.89. The molecule has 19 heavy (non-hydrogen) atoms. The average Bonchev–Trinajstić information content (AvgIpc) is 2.93. The fourth-order valence-electron chi connectivity index (χ4n) is 2.66. The van der Waals surface area contributed by atoms with Crippen LogP contribution in [0.5, 0.6) is 0 Å². The predicted octanol–water partition coefficient (Wildman–Crippen LogP) is 3.41. The van der Waals surface area contributed by atoms with Crippen molar-refractivity contribution in [1.29, 1.82) is 0 Å². The van der Waals surface area contributed by atoms with Crippen LogP contribution < -0.4 is 0 Å². The molecule has 1 aliphatic carbocycles. The quantitative estimate of drug-likeness (QED) is 0.762. The van der Waals surface area contributed by atoms with E-state index in [-0.39, 0.29) is 17.8 Å². The molecule has 4 heteroatoms. The molecule has 1 aromatic carbocycles. The second-order valence-electron chi connectivity index (χ2n) is 5.19. The summed E-state index contributed by atoms with van der Waals surface area (Å²) < 4.78 is 26.5. The van der Waals surface area contributed by atoms with E-state index in [4.69, 9.17) is 0 Å². The fraction of sp³-hybridized carbons (Fsp3) is 0.533. The number of ketones is 1. The van der Waals surface area contributed by atoms with Crippen LogP contribution in [0.2, 0.25) is 0 Å². The lowest BCUT2D eigenvalue weighted by Gasteiger charge is -2.23. The molecule has 1 saturated carbocycles. The highest BCUT2D eigenvalue weighted by atomic mass is 19.2. The van der Waals surface area contributed by atoms with Gasteiger partial charge < -0.3 is 4.90 Å². The van der Waals surface area contributed by atoms with Gasteiger partial charge in [-0.2, -0.15) is 0 Å². The number of nitrogens with zero attached hydrogens (tertiary/aromatic N) is 1. The molecule has 0 heterocycles. The summed E-state index contributed by atoms with van der Waals surface area (Å²) in [7, 11) is 1.99. The molecule has 0 aliphatic heterocycles. The molecule has 104 valence electrons. The SMILES string of the molecule is CN(CCC(=O)c1cccc(F)c1F)C1CCCC1. The first-order valence-corrected chi connectivity index (χ1v) is 6.77. The molecule has 1 fully saturated rings. The summed E-state index contributed by atoms with van der Waals surface area (Å²) >= 11 is 0. The van der Waals surface area contributed by atoms with Gasteiger partial charge in [-0.25, -0.2) is 8.78 Å². The topological polar surface area (TPSA) is 20.3 Å². The molecule has 0 unspecified atom stereocenters. The zero-order valence-electron chi connectivity index (χ0n) is 11.2. The Morgan fingerprint density at radius 1 is 1.32 bits per heavy atom. The number of halogens is 2. The van der Waals surface area contributed by atoms with Crippen molar-refractivity contribution in [2.24, 2.45) is 0 Å². The highest BCUT2D eigenvalue weighted by Gasteiger charge is 2.21. The molecule has 2 nitrogen and oxygen atoms in total. The molecule has 0 radical (unpaired) electrons. The number of hydrogen-bond acceptors (Lipinski definition) is 2. The maximum atomic E-state index is 13.5. The first-order chi connectivity index (χ1) is 9.09. The molecule has 0 aromatic heterocycles. The average molecular weight is 267 g/mol. The van der Waals surface area contributed by atoms with Crippen LogP contribution in [0.3, 0.4) is 0 Å². The largest absolute Gasteiger partial charge is 0.303 e. The maximum Gasteiger partial charge on any atom is 0.169 e. The number of benzene rings is 1. The van der Waals surface area contributed by atoms with Crippen LogP contribution >= 0.6 is 0 Å². The van der Waals surface area contributed by atoms with E-state index in [1.807, 2.05) is 7.05 Å². The second kappa shape index (κ2) is 6.24. The lowest BCUT2D eigenvalue weighted by atomic mass is 10.1. The van der Waals surface area contributed by atoms with E-state index in [0.29, 0.717) is 12.6 Å². The first kappa shape index (κ1) is 14.1. The standard InChI is InChI=1S/C15H19F2NO/c1-18(11-5-2-3-6-11)10-9-14(19)12-7-4-8-13(16)15(12)17/h4,7-8,11H,2-3,5-6,9-10H2,1H3. The smallest absolute Gasteiger partial charge is 0.169 e. The third-order valence-electron chi connectivity index (χ3n) is 3.89. The van der Waals surface area contributed by atoms with Crippen molar-refractivity contribution in [1.82, 2.24) is 4.90 Å². The Morgan fingerprint density at radius 3 is 2.68 bits per heavy atom. The first-order valence-electron chi connectivity index (χ1n) is 6.77. The molecule has 0 bridgehead atoms. The summed E-state index contributed by atoms with van der Waals surface area (Å²) in [6, 6.07) is 4.27. The van der Waals surface area contributed by atoms with Crippen LogP contribution in [0.25, 0.3) is 0 Å². The predicted molar refractivity (Wildman–Crippen MR) is 70.2 cm³/mol. The highest BCUT2D eigenvalue weighted by molar-refractivity contribution is 5.96. The van der Waals surface area contributed by atoms with Crippen LogP contribution in [0.1, 0.15) is 42.5 Å². The minimum atomic E-state index is -1.03. The normalized spacial score (nSPS) is 16.2. The van der Waals surface area contributed by atoms with E-state index >= 15 is 0 Å². The van der Waals surface area contributed by atoms with E-state index in [1.54, 1.807) is 0 Å². The van der Waals surface area contributed by atoms with Gasteiger partial charge in [-0.15, -0.1) is 0 Å². The molecular formula is C15H19F2NO. The Kier molecular flexibility index (Phi) is 4.64. The van der Waals surface area contributed by atoms with Crippen LogP contribution in [0.15, 0.2) is 18.2 Å². The molecular weight excluding hydrogens is 248 g/mol. The molecule has 0 spiro atoms. The molecule has 1 aromatic rings. The van der Waals surface area contributed by atoms with Crippen molar-refractivity contribution >= 4 is 5.78 Å². The van der Waals surface area contributed by atoms with Crippen molar-refractivity contribution in [2.75, 3.05) is 13.6 Å². The maximum absolute atomic E-state index is 13.5. The minimum absolute atomic E-state index is 0.139. The monoisotopic (exact) mass is 267 g/mol. The Bertz CT molecular complexity index is 455. The van der Waals surface area contributed by atoms with Gasteiger partial charge in [0, 0.05) is 19.0 Å². The van der Waals surface area contributed by atoms with Crippen molar-refractivity contribution in [3.8, 4) is 0 Å². The van der Waals surface area contributed by atoms with Gasteiger partial charge in [0.2, 0.25) is 0 Å². The van der Waals surface area contributed by atoms with Crippen LogP contribution in [-0.4, -0.2) is 30.3 Å². The van der Waals surface area contributed by atoms with Gasteiger partial charge in [0.05, 0.1) is 5.56 Å². The summed E-state index contributed by atoms with van der Waals surface area (Å²) in [5.41, 5.74) is -0.139. The lowest BCUT2D eigenvalue weighted by molar-refractivity contribution is 0.0956. The summed E-state index contributed by atoms with van der Waals surface area (Å²) in [5.74, 6) is -2.33. The van der Waals surface area contributed by atoms with Crippen molar-refractivity contribution in [3.05, 3.63) is 35.4 Å². The number of rotatable bonds is 5. The Labute approximate surface area is 112 Å². The summed E-state index contributed by atoms with van der Waals surface area (Å²) in [6.45, 7) is 0.597. The molecule has 0 saturated heterocycles. The van der Waals surface area contributed by atoms with E-state index in [0.717, 1.165) is 6.07 Å². The summed E-state index contributed by atoms with van der Waals surface area (Å²) in [4.78, 5) is 14.1. The van der Waals surface area contributed by atoms with E-state index in [1.165, 1.54) is 37.8 Å². The number of Topliss-reactive ketones (excluding diaryl/α,β-unsaturated/α-hetero) is 1. The zero-order valence-corrected chi connectivity index (χ0v) is 11.2. The number of hydrogen-bond donors (Lipinski definition) is 0. The van der Waals surface area contributed by atoms with Crippen molar-refractivity contribution in [2.45, 2.75) is 38.1 Å². The van der Waals surface area contributed by atoms with Gasteiger partial charge >= 0.3 is 0 Å². The number of carbonyl (C=O) groups is 1. The Balaban J connectivity index is 1.92. The molecule has 1 aliphatic rings. The third kappa shape index (κ3) is 3.38. The zero-order chi connectivity index (χ0) is 13.8. The van der Waals surface area contributed by atoms with E-state index in [9.17, 15) is 13.6 Å². The van der Waals surface area contributed by atoms with E-state index in [2.05, 4.69) is 4.90 Å². The van der Waals surface area contributed by atoms with Crippen molar-refractivity contribution in [3.63, 3.8) is 0 Å². The minimum Gasteiger partial charge on any atom is -0.303 e. The Morgan fingerprint density at radius 2 is 2.00 bits per heavy atom. The van der Waals surface area contributed by atoms with Gasteiger partial charge in [-0.3, -0.25) is 4.79 Å². The highest BCUT2D eigenvalue weighted by Crippen LogP contribution is 2.22. The summed E-state index contributed by atoms with van der Waals surface area (Å²) in [5, 5.41) is 0. The van der Waals surface area contributed by atoms with Gasteiger partial charge in [-0.05, 0) is 32.0 Å². The lowest BCUT2D eigenvalue weighted by Crippen LogP contribution is -2.31. The van der Waals surface area contributed by atoms with Gasteiger partial charge in [0.1, 0.15) is 0 Å². The van der Waals surface area contributed by atoms with Gasteiger partial charge in [-0.1, -0.05) is 18.9 Å². The van der Waals surface area contributed by atoms with E-state index < -0.39 is 11.6 Å².